The van der Waals surface area contributed by atoms with Crippen LogP contribution in [0.1, 0.15) is 24.5 Å². The van der Waals surface area contributed by atoms with Crippen LogP contribution in [0.3, 0.4) is 0 Å². The second-order valence-corrected chi connectivity index (χ2v) is 10.3. The van der Waals surface area contributed by atoms with Crippen LogP contribution >= 0.6 is 22.9 Å². The lowest BCUT2D eigenvalue weighted by Gasteiger charge is -2.21. The molecule has 0 saturated heterocycles. The summed E-state index contributed by atoms with van der Waals surface area (Å²) in [5.41, 5.74) is 1.84. The highest BCUT2D eigenvalue weighted by Gasteiger charge is 2.23. The van der Waals surface area contributed by atoms with E-state index in [0.29, 0.717) is 37.2 Å². The molecule has 0 aliphatic carbocycles. The van der Waals surface area contributed by atoms with Gasteiger partial charge in [-0.2, -0.15) is 4.98 Å². The molecule has 4 aromatic heterocycles. The Bertz CT molecular complexity index is 1800. The molecule has 216 valence electrons. The first-order chi connectivity index (χ1) is 20.1. The second-order valence-electron chi connectivity index (χ2n) is 8.86. The number of nitrogens with one attached hydrogen (secondary N) is 1. The average Bonchev–Trinajstić information content (AvgIpc) is 3.38. The third-order valence-corrected chi connectivity index (χ3v) is 7.23. The van der Waals surface area contributed by atoms with E-state index in [1.54, 1.807) is 39.3 Å². The predicted octanol–water partition coefficient (Wildman–Crippen LogP) is 5.69. The van der Waals surface area contributed by atoms with Gasteiger partial charge in [0.1, 0.15) is 33.3 Å². The van der Waals surface area contributed by atoms with Crippen molar-refractivity contribution in [3.8, 4) is 22.2 Å². The van der Waals surface area contributed by atoms with E-state index >= 15 is 0 Å². The zero-order valence-electron chi connectivity index (χ0n) is 22.5. The summed E-state index contributed by atoms with van der Waals surface area (Å²) >= 11 is 7.58. The van der Waals surface area contributed by atoms with Gasteiger partial charge >= 0.3 is 12.1 Å². The van der Waals surface area contributed by atoms with Gasteiger partial charge in [-0.15, -0.1) is 0 Å². The summed E-state index contributed by atoms with van der Waals surface area (Å²) in [5.74, 6) is -1.30. The fraction of sp³-hybridized carbons (Fsp3) is 0.222. The Labute approximate surface area is 246 Å². The minimum atomic E-state index is -0.830. The van der Waals surface area contributed by atoms with Gasteiger partial charge < -0.3 is 18.9 Å². The Morgan fingerprint density at radius 1 is 1.00 bits per heavy atom. The number of rotatable bonds is 8. The number of carbonyl (C=O) groups excluding carboxylic acids is 2. The van der Waals surface area contributed by atoms with Crippen LogP contribution in [0.2, 0.25) is 5.02 Å². The van der Waals surface area contributed by atoms with Crippen molar-refractivity contribution in [1.82, 2.24) is 24.9 Å². The molecule has 0 bridgehead atoms. The van der Waals surface area contributed by atoms with Crippen LogP contribution < -0.4 is 14.8 Å². The number of anilines is 1. The molecule has 5 rings (SSSR count). The molecule has 42 heavy (non-hydrogen) atoms. The average molecular weight is 613 g/mol. The molecule has 1 amide bonds. The molecular formula is C27H22ClFN6O6S. The number of esters is 1. The molecule has 0 aliphatic rings. The fourth-order valence-electron chi connectivity index (χ4n) is 3.76. The molecule has 0 fully saturated rings. The number of halogens is 2. The van der Waals surface area contributed by atoms with Crippen molar-refractivity contribution in [2.45, 2.75) is 26.1 Å². The Kier molecular flexibility index (Phi) is 8.27. The normalized spacial score (nSPS) is 12.5. The summed E-state index contributed by atoms with van der Waals surface area (Å²) in [6, 6.07) is 6.55. The van der Waals surface area contributed by atoms with E-state index in [9.17, 15) is 14.0 Å². The number of carbonyl (C=O) groups is 2. The SMILES string of the molecule is COC(=O)c1ncc(NC(=O)O[C@H](C)[C@H](C)Oc2nc3sc(-c4cc(Cl)cc5cc(OC)cnc45)nc3cc2F)cn1. The summed E-state index contributed by atoms with van der Waals surface area (Å²) in [6.07, 6.45) is 1.62. The maximum absolute atomic E-state index is 15.0. The topological polar surface area (TPSA) is 148 Å². The first kappa shape index (κ1) is 28.8. The Balaban J connectivity index is 1.30. The number of thiazole rings is 1. The summed E-state index contributed by atoms with van der Waals surface area (Å²) in [6.45, 7) is 3.18. The molecule has 0 radical (unpaired) electrons. The summed E-state index contributed by atoms with van der Waals surface area (Å²) in [4.78, 5) is 45.2. The van der Waals surface area contributed by atoms with E-state index < -0.39 is 30.1 Å². The van der Waals surface area contributed by atoms with Crippen LogP contribution in [0.15, 0.2) is 42.9 Å². The standard InChI is InChI=1S/C27H22ClFN6O6S/c1-12(13(2)41-27(37)33-16-9-31-22(32-10-16)26(36)39-4)40-23-19(29)8-20-25(35-23)42-24(34-20)18-7-15(28)5-14-6-17(38-3)11-30-21(14)18/h5-13H,1-4H3,(H,33,37)/t12-,13+/m0/s1. The lowest BCUT2D eigenvalue weighted by Crippen LogP contribution is -2.33. The first-order valence-corrected chi connectivity index (χ1v) is 13.5. The van der Waals surface area contributed by atoms with E-state index in [-0.39, 0.29) is 17.4 Å². The third-order valence-electron chi connectivity index (χ3n) is 6.01. The molecule has 12 nitrogen and oxygen atoms in total. The highest BCUT2D eigenvalue weighted by atomic mass is 35.5. The van der Waals surface area contributed by atoms with Gasteiger partial charge in [-0.25, -0.2) is 28.9 Å². The van der Waals surface area contributed by atoms with Crippen LogP contribution in [0.4, 0.5) is 14.9 Å². The van der Waals surface area contributed by atoms with Crippen LogP contribution in [-0.4, -0.2) is 63.4 Å². The van der Waals surface area contributed by atoms with Crippen LogP contribution in [0.25, 0.3) is 31.8 Å². The molecule has 1 N–H and O–H groups in total. The zero-order chi connectivity index (χ0) is 30.0. The number of amides is 1. The van der Waals surface area contributed by atoms with Gasteiger partial charge in [-0.1, -0.05) is 22.9 Å². The van der Waals surface area contributed by atoms with Crippen LogP contribution in [0.5, 0.6) is 11.6 Å². The molecule has 4 heterocycles. The fourth-order valence-corrected chi connectivity index (χ4v) is 4.92. The number of hydrogen-bond acceptors (Lipinski definition) is 12. The number of fused-ring (bicyclic) bond motifs is 2. The first-order valence-electron chi connectivity index (χ1n) is 12.3. The number of hydrogen-bond donors (Lipinski definition) is 1. The Hall–Kier alpha value is -4.69. The highest BCUT2D eigenvalue weighted by Crippen LogP contribution is 2.37. The summed E-state index contributed by atoms with van der Waals surface area (Å²) in [5, 5.41) is 4.23. The van der Waals surface area contributed by atoms with E-state index in [1.165, 1.54) is 36.9 Å². The van der Waals surface area contributed by atoms with Crippen molar-refractivity contribution in [3.05, 3.63) is 59.5 Å². The molecule has 2 atom stereocenters. The van der Waals surface area contributed by atoms with E-state index in [4.69, 9.17) is 25.8 Å². The smallest absolute Gasteiger partial charge is 0.412 e. The van der Waals surface area contributed by atoms with Gasteiger partial charge in [0.2, 0.25) is 5.82 Å². The molecule has 0 unspecified atom stereocenters. The second kappa shape index (κ2) is 12.0. The van der Waals surface area contributed by atoms with Gasteiger partial charge in [-0.3, -0.25) is 10.3 Å². The maximum Gasteiger partial charge on any atom is 0.412 e. The van der Waals surface area contributed by atoms with Gasteiger partial charge in [0.25, 0.3) is 5.88 Å². The van der Waals surface area contributed by atoms with Gasteiger partial charge in [-0.05, 0) is 32.0 Å². The molecule has 0 spiro atoms. The summed E-state index contributed by atoms with van der Waals surface area (Å²) < 4.78 is 35.8. The van der Waals surface area contributed by atoms with E-state index in [0.717, 1.165) is 5.39 Å². The molecule has 5 aromatic rings. The number of nitrogens with zero attached hydrogens (tertiary/aromatic N) is 5. The van der Waals surface area contributed by atoms with Crippen LogP contribution in [-0.2, 0) is 9.47 Å². The largest absolute Gasteiger partial charge is 0.495 e. The minimum Gasteiger partial charge on any atom is -0.495 e. The monoisotopic (exact) mass is 612 g/mol. The van der Waals surface area contributed by atoms with Gasteiger partial charge in [0.15, 0.2) is 5.82 Å². The van der Waals surface area contributed by atoms with E-state index in [2.05, 4.69) is 35.0 Å². The van der Waals surface area contributed by atoms with Gasteiger partial charge in [0.05, 0.1) is 44.0 Å². The summed E-state index contributed by atoms with van der Waals surface area (Å²) in [7, 11) is 2.75. The molecule has 15 heteroatoms. The van der Waals surface area contributed by atoms with Crippen molar-refractivity contribution in [2.75, 3.05) is 19.5 Å². The zero-order valence-corrected chi connectivity index (χ0v) is 24.1. The Morgan fingerprint density at radius 2 is 1.76 bits per heavy atom. The predicted molar refractivity (Wildman–Crippen MR) is 153 cm³/mol. The van der Waals surface area contributed by atoms with Crippen LogP contribution in [0, 0.1) is 5.82 Å². The quantitative estimate of drug-likeness (QED) is 0.215. The number of pyridine rings is 2. The van der Waals surface area contributed by atoms with Crippen molar-refractivity contribution in [2.24, 2.45) is 0 Å². The highest BCUT2D eigenvalue weighted by molar-refractivity contribution is 7.21. The van der Waals surface area contributed by atoms with E-state index in [1.807, 2.05) is 6.07 Å². The molecule has 0 saturated carbocycles. The molecule has 0 aliphatic heterocycles. The van der Waals surface area contributed by atoms with Gasteiger partial charge in [0, 0.05) is 22.0 Å². The molecular weight excluding hydrogens is 591 g/mol. The maximum atomic E-state index is 15.0. The van der Waals surface area contributed by atoms with Crippen molar-refractivity contribution >= 4 is 61.9 Å². The van der Waals surface area contributed by atoms with Crippen molar-refractivity contribution in [3.63, 3.8) is 0 Å². The minimum absolute atomic E-state index is 0.162. The van der Waals surface area contributed by atoms with Crippen molar-refractivity contribution in [1.29, 1.82) is 0 Å². The molecule has 1 aromatic carbocycles. The number of ether oxygens (including phenoxy) is 4. The lowest BCUT2D eigenvalue weighted by atomic mass is 10.1. The Morgan fingerprint density at radius 3 is 2.48 bits per heavy atom. The van der Waals surface area contributed by atoms with Crippen molar-refractivity contribution < 1.29 is 32.9 Å². The number of benzene rings is 1. The third kappa shape index (κ3) is 6.14. The lowest BCUT2D eigenvalue weighted by molar-refractivity contribution is 0.0379. The number of aromatic nitrogens is 5. The number of methoxy groups -OCH3 is 2.